The molecule has 0 radical (unpaired) electrons. The molecular weight excluding hydrogens is 245 g/mol. The molecule has 2 aliphatic rings. The first-order valence-corrected chi connectivity index (χ1v) is 5.79. The Balaban J connectivity index is 0.000000164. The molecule has 3 nitrogen and oxygen atoms in total. The van der Waals surface area contributed by atoms with Crippen LogP contribution >= 0.6 is 0 Å². The van der Waals surface area contributed by atoms with Gasteiger partial charge in [-0.25, -0.2) is 4.98 Å². The number of rotatable bonds is 1. The van der Waals surface area contributed by atoms with Crippen LogP contribution in [0.4, 0.5) is 13.2 Å². The van der Waals surface area contributed by atoms with E-state index in [-0.39, 0.29) is 5.88 Å². The molecule has 1 saturated heterocycles. The zero-order valence-electron chi connectivity index (χ0n) is 10.00. The quantitative estimate of drug-likeness (QED) is 0.841. The van der Waals surface area contributed by atoms with Crippen molar-refractivity contribution in [3.05, 3.63) is 23.9 Å². The van der Waals surface area contributed by atoms with E-state index in [1.54, 1.807) is 0 Å². The van der Waals surface area contributed by atoms with Gasteiger partial charge in [0, 0.05) is 6.07 Å². The van der Waals surface area contributed by atoms with Crippen molar-refractivity contribution >= 4 is 0 Å². The van der Waals surface area contributed by atoms with Crippen LogP contribution in [0.1, 0.15) is 12.1 Å². The summed E-state index contributed by atoms with van der Waals surface area (Å²) in [4.78, 5) is 3.22. The number of pyridine rings is 1. The van der Waals surface area contributed by atoms with E-state index in [1.807, 2.05) is 0 Å². The summed E-state index contributed by atoms with van der Waals surface area (Å²) in [7, 11) is 1.27. The van der Waals surface area contributed by atoms with Crippen LogP contribution in [-0.2, 0) is 6.18 Å². The first kappa shape index (κ1) is 13.1. The number of alkyl halides is 3. The number of nitrogens with one attached hydrogen (secondary N) is 1. The molecule has 100 valence electrons. The number of halogens is 3. The van der Waals surface area contributed by atoms with Gasteiger partial charge in [-0.15, -0.1) is 0 Å². The van der Waals surface area contributed by atoms with E-state index in [0.29, 0.717) is 0 Å². The number of nitrogens with zero attached hydrogens (tertiary/aromatic N) is 1. The van der Waals surface area contributed by atoms with Gasteiger partial charge >= 0.3 is 6.18 Å². The van der Waals surface area contributed by atoms with Gasteiger partial charge in [0.15, 0.2) is 0 Å². The highest BCUT2D eigenvalue weighted by molar-refractivity contribution is 5.17. The molecule has 1 N–H and O–H groups in total. The molecule has 0 bridgehead atoms. The molecule has 2 atom stereocenters. The summed E-state index contributed by atoms with van der Waals surface area (Å²) in [6.45, 7) is 2.62. The number of fused-ring (bicyclic) bond motifs is 1. The van der Waals surface area contributed by atoms with Crippen LogP contribution < -0.4 is 10.1 Å². The van der Waals surface area contributed by atoms with Crippen molar-refractivity contribution in [2.45, 2.75) is 12.6 Å². The fourth-order valence-corrected chi connectivity index (χ4v) is 1.95. The van der Waals surface area contributed by atoms with Crippen LogP contribution in [0.3, 0.4) is 0 Å². The Hall–Kier alpha value is -1.30. The van der Waals surface area contributed by atoms with Crippen LogP contribution in [0.5, 0.6) is 5.88 Å². The molecule has 1 aliphatic carbocycles. The molecule has 0 amide bonds. The Morgan fingerprint density at radius 1 is 1.28 bits per heavy atom. The lowest BCUT2D eigenvalue weighted by molar-refractivity contribution is -0.141. The Labute approximate surface area is 103 Å². The van der Waals surface area contributed by atoms with E-state index in [4.69, 9.17) is 0 Å². The fourth-order valence-electron chi connectivity index (χ4n) is 1.95. The second-order valence-corrected chi connectivity index (χ2v) is 4.48. The van der Waals surface area contributed by atoms with Gasteiger partial charge in [-0.05, 0) is 37.4 Å². The van der Waals surface area contributed by atoms with E-state index in [9.17, 15) is 13.2 Å². The average Bonchev–Trinajstić information content (AvgIpc) is 2.96. The highest BCUT2D eigenvalue weighted by Crippen LogP contribution is 2.40. The molecule has 0 aromatic carbocycles. The van der Waals surface area contributed by atoms with Crippen molar-refractivity contribution in [2.75, 3.05) is 20.2 Å². The van der Waals surface area contributed by atoms with Gasteiger partial charge < -0.3 is 10.1 Å². The summed E-state index contributed by atoms with van der Waals surface area (Å²) in [6.07, 6.45) is -2.89. The monoisotopic (exact) mass is 260 g/mol. The minimum absolute atomic E-state index is 0.0372. The first-order chi connectivity index (χ1) is 8.50. The lowest BCUT2D eigenvalue weighted by Gasteiger charge is -2.05. The SMILES string of the molecule is C1NCC2CC12.COc1cccc(C(F)(F)F)n1. The summed E-state index contributed by atoms with van der Waals surface area (Å²) in [5.74, 6) is 2.17. The van der Waals surface area contributed by atoms with E-state index in [2.05, 4.69) is 15.0 Å². The zero-order chi connectivity index (χ0) is 13.2. The summed E-state index contributed by atoms with van der Waals surface area (Å²) >= 11 is 0. The maximum Gasteiger partial charge on any atom is 0.433 e. The molecule has 2 unspecified atom stereocenters. The molecular formula is C12H15F3N2O. The van der Waals surface area contributed by atoms with Gasteiger partial charge in [0.2, 0.25) is 5.88 Å². The molecule has 0 spiro atoms. The predicted octanol–water partition coefficient (Wildman–Crippen LogP) is 2.33. The minimum Gasteiger partial charge on any atom is -0.481 e. The van der Waals surface area contributed by atoms with Gasteiger partial charge in [0.1, 0.15) is 5.69 Å². The Morgan fingerprint density at radius 3 is 2.33 bits per heavy atom. The van der Waals surface area contributed by atoms with Gasteiger partial charge in [0.05, 0.1) is 7.11 Å². The number of methoxy groups -OCH3 is 1. The summed E-state index contributed by atoms with van der Waals surface area (Å²) in [6, 6.07) is 3.49. The van der Waals surface area contributed by atoms with Crippen molar-refractivity contribution in [3.8, 4) is 5.88 Å². The van der Waals surface area contributed by atoms with Gasteiger partial charge in [-0.3, -0.25) is 0 Å². The molecule has 2 fully saturated rings. The van der Waals surface area contributed by atoms with Crippen LogP contribution in [0.25, 0.3) is 0 Å². The van der Waals surface area contributed by atoms with Gasteiger partial charge in [-0.2, -0.15) is 13.2 Å². The first-order valence-electron chi connectivity index (χ1n) is 5.79. The third-order valence-electron chi connectivity index (χ3n) is 3.11. The molecule has 2 heterocycles. The Bertz CT molecular complexity index is 401. The molecule has 6 heteroatoms. The zero-order valence-corrected chi connectivity index (χ0v) is 10.00. The van der Waals surface area contributed by atoms with Gasteiger partial charge in [0.25, 0.3) is 0 Å². The van der Waals surface area contributed by atoms with E-state index >= 15 is 0 Å². The Kier molecular flexibility index (Phi) is 3.75. The Morgan fingerprint density at radius 2 is 1.94 bits per heavy atom. The van der Waals surface area contributed by atoms with E-state index in [0.717, 1.165) is 17.9 Å². The van der Waals surface area contributed by atoms with Crippen LogP contribution in [0.15, 0.2) is 18.2 Å². The van der Waals surface area contributed by atoms with Crippen molar-refractivity contribution in [1.82, 2.24) is 10.3 Å². The second-order valence-electron chi connectivity index (χ2n) is 4.48. The molecule has 1 aromatic rings. The molecule has 1 aromatic heterocycles. The summed E-state index contributed by atoms with van der Waals surface area (Å²) < 4.78 is 40.5. The normalized spacial score (nSPS) is 24.9. The lowest BCUT2D eigenvalue weighted by Crippen LogP contribution is -2.10. The van der Waals surface area contributed by atoms with Crippen molar-refractivity contribution in [3.63, 3.8) is 0 Å². The van der Waals surface area contributed by atoms with Crippen molar-refractivity contribution in [2.24, 2.45) is 11.8 Å². The third kappa shape index (κ3) is 3.35. The number of hydrogen-bond acceptors (Lipinski definition) is 3. The highest BCUT2D eigenvalue weighted by Gasteiger charge is 2.40. The molecule has 1 saturated carbocycles. The lowest BCUT2D eigenvalue weighted by atomic mass is 10.3. The predicted molar refractivity (Wildman–Crippen MR) is 60.3 cm³/mol. The van der Waals surface area contributed by atoms with Crippen LogP contribution in [0, 0.1) is 11.8 Å². The molecule has 3 rings (SSSR count). The minimum atomic E-state index is -4.41. The van der Waals surface area contributed by atoms with Gasteiger partial charge in [-0.1, -0.05) is 6.07 Å². The van der Waals surface area contributed by atoms with E-state index in [1.165, 1.54) is 38.8 Å². The number of aromatic nitrogens is 1. The van der Waals surface area contributed by atoms with Crippen molar-refractivity contribution in [1.29, 1.82) is 0 Å². The smallest absolute Gasteiger partial charge is 0.433 e. The topological polar surface area (TPSA) is 34.1 Å². The number of ether oxygens (including phenoxy) is 1. The second kappa shape index (κ2) is 5.14. The fraction of sp³-hybridized carbons (Fsp3) is 0.583. The number of piperidine rings is 1. The summed E-state index contributed by atoms with van der Waals surface area (Å²) in [5, 5.41) is 3.32. The summed E-state index contributed by atoms with van der Waals surface area (Å²) in [5.41, 5.74) is -0.943. The highest BCUT2D eigenvalue weighted by atomic mass is 19.4. The van der Waals surface area contributed by atoms with E-state index < -0.39 is 11.9 Å². The van der Waals surface area contributed by atoms with Crippen molar-refractivity contribution < 1.29 is 17.9 Å². The standard InChI is InChI=1S/C7H6F3NO.C5H9N/c1-12-6-4-2-3-5(11-6)7(8,9)10;1-4-2-6-3-5(1)4/h2-4H,1H3;4-6H,1-3H2. The number of hydrogen-bond donors (Lipinski definition) is 1. The maximum atomic E-state index is 12.0. The maximum absolute atomic E-state index is 12.0. The average molecular weight is 260 g/mol. The largest absolute Gasteiger partial charge is 0.481 e. The molecule has 18 heavy (non-hydrogen) atoms. The van der Waals surface area contributed by atoms with Crippen LogP contribution in [0.2, 0.25) is 0 Å². The molecule has 1 aliphatic heterocycles. The third-order valence-corrected chi connectivity index (χ3v) is 3.11. The van der Waals surface area contributed by atoms with Crippen LogP contribution in [-0.4, -0.2) is 25.2 Å².